The fraction of sp³-hybridized carbons (Fsp3) is 0.640. The smallest absolute Gasteiger partial charge is 0.226 e. The number of nitrogens with one attached hydrogen (secondary N) is 1. The van der Waals surface area contributed by atoms with Crippen LogP contribution in [0, 0.1) is 25.6 Å². The van der Waals surface area contributed by atoms with E-state index in [2.05, 4.69) is 25.0 Å². The highest BCUT2D eigenvalue weighted by Crippen LogP contribution is 2.42. The zero-order valence-electron chi connectivity index (χ0n) is 19.5. The molecule has 2 aromatic rings. The summed E-state index contributed by atoms with van der Waals surface area (Å²) in [5, 5.41) is 11.7. The average molecular weight is 456 g/mol. The minimum absolute atomic E-state index is 0.0157. The van der Waals surface area contributed by atoms with Crippen molar-refractivity contribution < 1.29 is 13.9 Å². The molecule has 1 amide bonds. The number of hydrogen-bond acceptors (Lipinski definition) is 5. The second kappa shape index (κ2) is 9.50. The molecule has 1 N–H and O–H groups in total. The van der Waals surface area contributed by atoms with Crippen LogP contribution >= 0.6 is 0 Å². The quantitative estimate of drug-likeness (QED) is 0.692. The molecule has 4 heterocycles. The van der Waals surface area contributed by atoms with Crippen LogP contribution in [0.3, 0.4) is 0 Å². The maximum absolute atomic E-state index is 14.0. The van der Waals surface area contributed by atoms with Crippen molar-refractivity contribution in [3.8, 4) is 0 Å². The maximum Gasteiger partial charge on any atom is 0.226 e. The molecule has 3 fully saturated rings. The van der Waals surface area contributed by atoms with Gasteiger partial charge in [0.15, 0.2) is 0 Å². The number of ether oxygens (including phenoxy) is 1. The van der Waals surface area contributed by atoms with E-state index in [0.29, 0.717) is 31.3 Å². The van der Waals surface area contributed by atoms with Crippen LogP contribution in [0.2, 0.25) is 0 Å². The Bertz CT molecular complexity index is 955. The zero-order valence-corrected chi connectivity index (χ0v) is 19.5. The Kier molecular flexibility index (Phi) is 6.47. The zero-order chi connectivity index (χ0) is 22.9. The molecule has 2 bridgehead atoms. The lowest BCUT2D eigenvalue weighted by molar-refractivity contribution is -0.125. The molecule has 0 radical (unpaired) electrons. The van der Waals surface area contributed by atoms with Crippen molar-refractivity contribution in [1.29, 1.82) is 0 Å². The lowest BCUT2D eigenvalue weighted by Crippen LogP contribution is -2.45. The molecule has 3 saturated heterocycles. The topological polar surface area (TPSA) is 72.3 Å². The molecule has 178 valence electrons. The summed E-state index contributed by atoms with van der Waals surface area (Å²) in [6, 6.07) is 7.95. The van der Waals surface area contributed by atoms with Gasteiger partial charge in [-0.1, -0.05) is 12.1 Å². The predicted molar refractivity (Wildman–Crippen MR) is 122 cm³/mol. The summed E-state index contributed by atoms with van der Waals surface area (Å²) in [5.74, 6) is 1.63. The van der Waals surface area contributed by atoms with Crippen molar-refractivity contribution in [3.63, 3.8) is 0 Å². The molecule has 1 aromatic heterocycles. The van der Waals surface area contributed by atoms with Gasteiger partial charge in [0.25, 0.3) is 0 Å². The van der Waals surface area contributed by atoms with E-state index >= 15 is 0 Å². The Labute approximate surface area is 194 Å². The SMILES string of the molecule is Cc1nnc(C)n1C1C[C@H]2CC[C@@H](C1)N2CC[C@H](NC(=O)C1CCOC1)c1cccc(F)c1. The molecule has 3 aliphatic heterocycles. The number of halogens is 1. The fourth-order valence-electron chi connectivity index (χ4n) is 6.18. The van der Waals surface area contributed by atoms with Gasteiger partial charge >= 0.3 is 0 Å². The summed E-state index contributed by atoms with van der Waals surface area (Å²) in [6.45, 7) is 6.07. The summed E-state index contributed by atoms with van der Waals surface area (Å²) in [4.78, 5) is 15.5. The first-order valence-corrected chi connectivity index (χ1v) is 12.3. The van der Waals surface area contributed by atoms with E-state index in [-0.39, 0.29) is 23.7 Å². The lowest BCUT2D eigenvalue weighted by Gasteiger charge is -2.40. The molecule has 0 spiro atoms. The van der Waals surface area contributed by atoms with Crippen molar-refractivity contribution in [2.24, 2.45) is 5.92 Å². The third kappa shape index (κ3) is 4.68. The monoisotopic (exact) mass is 455 g/mol. The molecule has 2 unspecified atom stereocenters. The van der Waals surface area contributed by atoms with Gasteiger partial charge in [-0.15, -0.1) is 10.2 Å². The number of piperidine rings is 1. The number of aromatic nitrogens is 3. The third-order valence-electron chi connectivity index (χ3n) is 7.81. The first-order chi connectivity index (χ1) is 16.0. The minimum Gasteiger partial charge on any atom is -0.381 e. The van der Waals surface area contributed by atoms with Crippen LogP contribution in [-0.4, -0.2) is 57.4 Å². The van der Waals surface area contributed by atoms with Gasteiger partial charge in [0.05, 0.1) is 18.6 Å². The summed E-state index contributed by atoms with van der Waals surface area (Å²) < 4.78 is 21.7. The average Bonchev–Trinajstić information content (AvgIpc) is 3.50. The Morgan fingerprint density at radius 2 is 1.88 bits per heavy atom. The molecular weight excluding hydrogens is 421 g/mol. The first-order valence-electron chi connectivity index (χ1n) is 12.3. The molecule has 5 atom stereocenters. The maximum atomic E-state index is 14.0. The molecule has 0 saturated carbocycles. The molecule has 3 aliphatic rings. The number of hydrogen-bond donors (Lipinski definition) is 1. The normalized spacial score (nSPS) is 28.2. The highest BCUT2D eigenvalue weighted by molar-refractivity contribution is 5.79. The summed E-state index contributed by atoms with van der Waals surface area (Å²) >= 11 is 0. The van der Waals surface area contributed by atoms with Gasteiger partial charge in [0, 0.05) is 31.3 Å². The molecule has 33 heavy (non-hydrogen) atoms. The van der Waals surface area contributed by atoms with E-state index in [0.717, 1.165) is 49.4 Å². The Morgan fingerprint density at radius 3 is 2.52 bits per heavy atom. The number of nitrogens with zero attached hydrogens (tertiary/aromatic N) is 4. The number of carbonyl (C=O) groups excluding carboxylic acids is 1. The largest absolute Gasteiger partial charge is 0.381 e. The van der Waals surface area contributed by atoms with Crippen LogP contribution < -0.4 is 5.32 Å². The summed E-state index contributed by atoms with van der Waals surface area (Å²) in [6.07, 6.45) is 6.14. The number of aryl methyl sites for hydroxylation is 2. The van der Waals surface area contributed by atoms with Crippen molar-refractivity contribution in [2.75, 3.05) is 19.8 Å². The predicted octanol–water partition coefficient (Wildman–Crippen LogP) is 3.49. The molecule has 0 aliphatic carbocycles. The van der Waals surface area contributed by atoms with Gasteiger partial charge in [0.1, 0.15) is 17.5 Å². The highest BCUT2D eigenvalue weighted by Gasteiger charge is 2.42. The van der Waals surface area contributed by atoms with Crippen molar-refractivity contribution in [3.05, 3.63) is 47.3 Å². The van der Waals surface area contributed by atoms with Gasteiger partial charge in [-0.25, -0.2) is 4.39 Å². The molecule has 8 heteroatoms. The standard InChI is InChI=1S/C25H34FN5O2/c1-16-28-29-17(2)31(16)23-13-21-6-7-22(14-23)30(21)10-8-24(18-4-3-5-20(26)12-18)27-25(32)19-9-11-33-15-19/h3-5,12,19,21-24H,6-11,13-15H2,1-2H3,(H,27,32)/t19?,21-,22+,23?,24-/m0/s1. The molecule has 1 aromatic carbocycles. The van der Waals surface area contributed by atoms with Gasteiger partial charge in [-0.05, 0) is 70.1 Å². The number of benzene rings is 1. The van der Waals surface area contributed by atoms with Crippen LogP contribution in [0.1, 0.15) is 67.8 Å². The van der Waals surface area contributed by atoms with E-state index in [9.17, 15) is 9.18 Å². The Hall–Kier alpha value is -2.32. The Morgan fingerprint density at radius 1 is 1.15 bits per heavy atom. The minimum atomic E-state index is -0.267. The van der Waals surface area contributed by atoms with Crippen LogP contribution in [0.5, 0.6) is 0 Å². The van der Waals surface area contributed by atoms with Crippen LogP contribution in [0.4, 0.5) is 4.39 Å². The molecule has 7 nitrogen and oxygen atoms in total. The molecular formula is C25H34FN5O2. The van der Waals surface area contributed by atoms with E-state index < -0.39 is 0 Å². The van der Waals surface area contributed by atoms with E-state index in [1.165, 1.54) is 18.9 Å². The molecule has 5 rings (SSSR count). The van der Waals surface area contributed by atoms with Gasteiger partial charge < -0.3 is 14.6 Å². The van der Waals surface area contributed by atoms with Crippen LogP contribution in [-0.2, 0) is 9.53 Å². The third-order valence-corrected chi connectivity index (χ3v) is 7.81. The van der Waals surface area contributed by atoms with Crippen LogP contribution in [0.15, 0.2) is 24.3 Å². The first kappa shape index (κ1) is 22.5. The van der Waals surface area contributed by atoms with Gasteiger partial charge in [-0.2, -0.15) is 0 Å². The number of carbonyl (C=O) groups is 1. The number of amides is 1. The van der Waals surface area contributed by atoms with Crippen LogP contribution in [0.25, 0.3) is 0 Å². The number of rotatable bonds is 7. The fourth-order valence-corrected chi connectivity index (χ4v) is 6.18. The van der Waals surface area contributed by atoms with E-state index in [1.54, 1.807) is 12.1 Å². The van der Waals surface area contributed by atoms with E-state index in [4.69, 9.17) is 4.74 Å². The van der Waals surface area contributed by atoms with Crippen molar-refractivity contribution in [2.45, 2.75) is 76.5 Å². The Balaban J connectivity index is 1.27. The van der Waals surface area contributed by atoms with Crippen molar-refractivity contribution >= 4 is 5.91 Å². The second-order valence-electron chi connectivity index (χ2n) is 9.88. The van der Waals surface area contributed by atoms with Crippen molar-refractivity contribution in [1.82, 2.24) is 25.0 Å². The number of fused-ring (bicyclic) bond motifs is 2. The van der Waals surface area contributed by atoms with Gasteiger partial charge in [-0.3, -0.25) is 9.69 Å². The van der Waals surface area contributed by atoms with Gasteiger partial charge in [0.2, 0.25) is 5.91 Å². The summed E-state index contributed by atoms with van der Waals surface area (Å²) in [7, 11) is 0. The second-order valence-corrected chi connectivity index (χ2v) is 9.88. The summed E-state index contributed by atoms with van der Waals surface area (Å²) in [5.41, 5.74) is 0.834. The highest BCUT2D eigenvalue weighted by atomic mass is 19.1. The lowest BCUT2D eigenvalue weighted by atomic mass is 9.95. The van der Waals surface area contributed by atoms with E-state index in [1.807, 2.05) is 19.9 Å².